The number of aryl methyl sites for hydroxylation is 2. The van der Waals surface area contributed by atoms with Gasteiger partial charge in [0.15, 0.2) is 5.82 Å². The molecule has 0 unspecified atom stereocenters. The van der Waals surface area contributed by atoms with Gasteiger partial charge in [-0.3, -0.25) is 9.52 Å². The first-order chi connectivity index (χ1) is 12.3. The second-order valence-corrected chi connectivity index (χ2v) is 7.41. The number of amides is 1. The summed E-state index contributed by atoms with van der Waals surface area (Å²) in [5.41, 5.74) is 1.48. The molecule has 1 amide bonds. The van der Waals surface area contributed by atoms with Crippen LogP contribution in [0.15, 0.2) is 64.0 Å². The molecule has 0 aliphatic rings. The molecule has 0 bridgehead atoms. The lowest BCUT2D eigenvalue weighted by atomic mass is 10.2. The fourth-order valence-electron chi connectivity index (χ4n) is 2.31. The zero-order valence-electron chi connectivity index (χ0n) is 14.2. The molecule has 134 valence electrons. The van der Waals surface area contributed by atoms with E-state index >= 15 is 0 Å². The standard InChI is InChI=1S/C18H17N3O4S/c1-12-6-3-4-9-16(12)21-26(23,24)15-8-5-7-14(11-15)18(22)19-17-10-13(2)25-20-17/h3-11,21H,1-2H3,(H,19,20,22). The van der Waals surface area contributed by atoms with Crippen LogP contribution in [0.25, 0.3) is 0 Å². The molecule has 0 spiro atoms. The van der Waals surface area contributed by atoms with E-state index < -0.39 is 15.9 Å². The van der Waals surface area contributed by atoms with Gasteiger partial charge in [-0.25, -0.2) is 8.42 Å². The number of anilines is 2. The second kappa shape index (κ2) is 7.01. The lowest BCUT2D eigenvalue weighted by molar-refractivity contribution is 0.102. The minimum atomic E-state index is -3.82. The molecule has 0 aliphatic carbocycles. The van der Waals surface area contributed by atoms with E-state index in [-0.39, 0.29) is 16.3 Å². The molecule has 26 heavy (non-hydrogen) atoms. The number of aromatic nitrogens is 1. The van der Waals surface area contributed by atoms with Crippen molar-refractivity contribution in [1.82, 2.24) is 5.16 Å². The summed E-state index contributed by atoms with van der Waals surface area (Å²) in [6.45, 7) is 3.51. The van der Waals surface area contributed by atoms with E-state index in [1.165, 1.54) is 24.3 Å². The van der Waals surface area contributed by atoms with Crippen molar-refractivity contribution in [2.45, 2.75) is 18.7 Å². The summed E-state index contributed by atoms with van der Waals surface area (Å²) >= 11 is 0. The van der Waals surface area contributed by atoms with Crippen LogP contribution in [0.2, 0.25) is 0 Å². The van der Waals surface area contributed by atoms with Crippen LogP contribution in [0.4, 0.5) is 11.5 Å². The molecule has 0 fully saturated rings. The van der Waals surface area contributed by atoms with E-state index in [2.05, 4.69) is 15.2 Å². The first kappa shape index (κ1) is 17.7. The number of nitrogens with zero attached hydrogens (tertiary/aromatic N) is 1. The Labute approximate surface area is 151 Å². The molecule has 1 heterocycles. The molecule has 8 heteroatoms. The van der Waals surface area contributed by atoms with Crippen LogP contribution in [0, 0.1) is 13.8 Å². The van der Waals surface area contributed by atoms with Gasteiger partial charge in [0.1, 0.15) is 5.76 Å². The minimum absolute atomic E-state index is 0.00950. The van der Waals surface area contributed by atoms with Crippen molar-refractivity contribution in [3.63, 3.8) is 0 Å². The topological polar surface area (TPSA) is 101 Å². The molecular formula is C18H17N3O4S. The first-order valence-corrected chi connectivity index (χ1v) is 9.27. The molecule has 0 aliphatic heterocycles. The highest BCUT2D eigenvalue weighted by Gasteiger charge is 2.18. The number of carbonyl (C=O) groups is 1. The van der Waals surface area contributed by atoms with E-state index in [9.17, 15) is 13.2 Å². The third-order valence-corrected chi connectivity index (χ3v) is 5.03. The Kier molecular flexibility index (Phi) is 4.77. The Balaban J connectivity index is 1.84. The lowest BCUT2D eigenvalue weighted by Gasteiger charge is -2.11. The van der Waals surface area contributed by atoms with Gasteiger partial charge < -0.3 is 9.84 Å². The molecule has 1 aromatic heterocycles. The number of sulfonamides is 1. The average Bonchev–Trinajstić information content (AvgIpc) is 3.02. The minimum Gasteiger partial charge on any atom is -0.360 e. The summed E-state index contributed by atoms with van der Waals surface area (Å²) in [5, 5.41) is 6.24. The third-order valence-electron chi connectivity index (χ3n) is 3.67. The van der Waals surface area contributed by atoms with Crippen molar-refractivity contribution in [1.29, 1.82) is 0 Å². The molecule has 0 radical (unpaired) electrons. The molecule has 2 N–H and O–H groups in total. The number of hydrogen-bond acceptors (Lipinski definition) is 5. The van der Waals surface area contributed by atoms with Gasteiger partial charge >= 0.3 is 0 Å². The molecule has 0 atom stereocenters. The lowest BCUT2D eigenvalue weighted by Crippen LogP contribution is -2.16. The maximum absolute atomic E-state index is 12.6. The van der Waals surface area contributed by atoms with Crippen molar-refractivity contribution >= 4 is 27.4 Å². The fourth-order valence-corrected chi connectivity index (χ4v) is 3.49. The van der Waals surface area contributed by atoms with Crippen LogP contribution < -0.4 is 10.0 Å². The maximum atomic E-state index is 12.6. The predicted molar refractivity (Wildman–Crippen MR) is 97.6 cm³/mol. The van der Waals surface area contributed by atoms with Crippen LogP contribution in [0.5, 0.6) is 0 Å². The Morgan fingerprint density at radius 3 is 2.50 bits per heavy atom. The summed E-state index contributed by atoms with van der Waals surface area (Å²) in [7, 11) is -3.82. The molecular weight excluding hydrogens is 354 g/mol. The number of hydrogen-bond donors (Lipinski definition) is 2. The van der Waals surface area contributed by atoms with Gasteiger partial charge in [-0.2, -0.15) is 0 Å². The molecule has 2 aromatic carbocycles. The van der Waals surface area contributed by atoms with Crippen molar-refractivity contribution < 1.29 is 17.7 Å². The monoisotopic (exact) mass is 371 g/mol. The van der Waals surface area contributed by atoms with E-state index in [0.29, 0.717) is 11.4 Å². The average molecular weight is 371 g/mol. The van der Waals surface area contributed by atoms with Gasteiger partial charge in [-0.15, -0.1) is 0 Å². The highest BCUT2D eigenvalue weighted by molar-refractivity contribution is 7.92. The van der Waals surface area contributed by atoms with Gasteiger partial charge in [0.25, 0.3) is 15.9 Å². The van der Waals surface area contributed by atoms with Crippen molar-refractivity contribution in [3.05, 3.63) is 71.5 Å². The number of carbonyl (C=O) groups excluding carboxylic acids is 1. The van der Waals surface area contributed by atoms with Crippen LogP contribution in [0.1, 0.15) is 21.7 Å². The number of nitrogens with one attached hydrogen (secondary N) is 2. The summed E-state index contributed by atoms with van der Waals surface area (Å²) in [4.78, 5) is 12.3. The SMILES string of the molecule is Cc1cc(NC(=O)c2cccc(S(=O)(=O)Nc3ccccc3C)c2)no1. The van der Waals surface area contributed by atoms with Crippen LogP contribution >= 0.6 is 0 Å². The smallest absolute Gasteiger partial charge is 0.261 e. The second-order valence-electron chi connectivity index (χ2n) is 5.73. The maximum Gasteiger partial charge on any atom is 0.261 e. The summed E-state index contributed by atoms with van der Waals surface area (Å²) in [5.74, 6) is 0.337. The summed E-state index contributed by atoms with van der Waals surface area (Å²) < 4.78 is 32.7. The van der Waals surface area contributed by atoms with E-state index in [1.54, 1.807) is 25.1 Å². The largest absolute Gasteiger partial charge is 0.360 e. The van der Waals surface area contributed by atoms with E-state index in [0.717, 1.165) is 5.56 Å². The van der Waals surface area contributed by atoms with E-state index in [1.807, 2.05) is 19.1 Å². The Hall–Kier alpha value is -3.13. The number of benzene rings is 2. The quantitative estimate of drug-likeness (QED) is 0.716. The van der Waals surface area contributed by atoms with Gasteiger partial charge in [0, 0.05) is 11.6 Å². The van der Waals surface area contributed by atoms with Crippen molar-refractivity contribution in [3.8, 4) is 0 Å². The van der Waals surface area contributed by atoms with E-state index in [4.69, 9.17) is 4.52 Å². The molecule has 0 saturated heterocycles. The van der Waals surface area contributed by atoms with Crippen LogP contribution in [-0.2, 0) is 10.0 Å². The van der Waals surface area contributed by atoms with Crippen molar-refractivity contribution in [2.24, 2.45) is 0 Å². The van der Waals surface area contributed by atoms with Gasteiger partial charge in [-0.05, 0) is 43.7 Å². The van der Waals surface area contributed by atoms with Crippen LogP contribution in [-0.4, -0.2) is 19.5 Å². The molecule has 3 rings (SSSR count). The summed E-state index contributed by atoms with van der Waals surface area (Å²) in [6, 6.07) is 14.4. The fraction of sp³-hybridized carbons (Fsp3) is 0.111. The zero-order valence-corrected chi connectivity index (χ0v) is 15.0. The highest BCUT2D eigenvalue weighted by atomic mass is 32.2. The van der Waals surface area contributed by atoms with Crippen LogP contribution in [0.3, 0.4) is 0 Å². The Bertz CT molecular complexity index is 1060. The molecule has 3 aromatic rings. The van der Waals surface area contributed by atoms with Gasteiger partial charge in [0.2, 0.25) is 0 Å². The third kappa shape index (κ3) is 3.92. The van der Waals surface area contributed by atoms with Gasteiger partial charge in [0.05, 0.1) is 10.6 Å². The normalized spacial score (nSPS) is 11.2. The number of rotatable bonds is 5. The number of para-hydroxylation sites is 1. The summed E-state index contributed by atoms with van der Waals surface area (Å²) in [6.07, 6.45) is 0. The van der Waals surface area contributed by atoms with Gasteiger partial charge in [-0.1, -0.05) is 29.4 Å². The van der Waals surface area contributed by atoms with Crippen molar-refractivity contribution in [2.75, 3.05) is 10.0 Å². The zero-order chi connectivity index (χ0) is 18.7. The Morgan fingerprint density at radius 1 is 1.04 bits per heavy atom. The Morgan fingerprint density at radius 2 is 1.81 bits per heavy atom. The molecule has 7 nitrogen and oxygen atoms in total. The predicted octanol–water partition coefficient (Wildman–Crippen LogP) is 3.34. The highest BCUT2D eigenvalue weighted by Crippen LogP contribution is 2.20. The first-order valence-electron chi connectivity index (χ1n) is 7.78. The molecule has 0 saturated carbocycles.